The number of fused-ring (bicyclic) bond motifs is 1. The van der Waals surface area contributed by atoms with Gasteiger partial charge in [-0.05, 0) is 18.6 Å². The second-order valence-electron chi connectivity index (χ2n) is 3.98. The Labute approximate surface area is 82.8 Å². The van der Waals surface area contributed by atoms with Crippen LogP contribution in [-0.2, 0) is 0 Å². The van der Waals surface area contributed by atoms with E-state index in [1.54, 1.807) is 0 Å². The summed E-state index contributed by atoms with van der Waals surface area (Å²) in [7, 11) is 0. The lowest BCUT2D eigenvalue weighted by Crippen LogP contribution is -2.33. The third kappa shape index (κ3) is 1.24. The number of benzene rings is 1. The Morgan fingerprint density at radius 1 is 1.21 bits per heavy atom. The van der Waals surface area contributed by atoms with Gasteiger partial charge in [0.15, 0.2) is 11.5 Å². The maximum atomic E-state index is 5.82. The van der Waals surface area contributed by atoms with Gasteiger partial charge < -0.3 is 15.2 Å². The molecule has 74 valence electrons. The molecule has 0 aromatic heterocycles. The molecule has 1 unspecified atom stereocenters. The van der Waals surface area contributed by atoms with Crippen LogP contribution in [0.2, 0.25) is 0 Å². The van der Waals surface area contributed by atoms with E-state index in [-0.39, 0.29) is 6.10 Å². The smallest absolute Gasteiger partial charge is 0.161 e. The van der Waals surface area contributed by atoms with Crippen molar-refractivity contribution in [1.29, 1.82) is 0 Å². The molecule has 1 fully saturated rings. The van der Waals surface area contributed by atoms with Gasteiger partial charge in [-0.2, -0.15) is 0 Å². The zero-order chi connectivity index (χ0) is 9.54. The van der Waals surface area contributed by atoms with Gasteiger partial charge >= 0.3 is 0 Å². The van der Waals surface area contributed by atoms with E-state index in [0.29, 0.717) is 18.6 Å². The summed E-state index contributed by atoms with van der Waals surface area (Å²) in [6.45, 7) is 0.634. The number of rotatable bonds is 1. The summed E-state index contributed by atoms with van der Waals surface area (Å²) in [6, 6.07) is 8.09. The minimum absolute atomic E-state index is 0.153. The van der Waals surface area contributed by atoms with E-state index in [2.05, 4.69) is 0 Å². The predicted octanol–water partition coefficient (Wildman–Crippen LogP) is 1.17. The first-order valence-electron chi connectivity index (χ1n) is 4.98. The number of nitrogens with two attached hydrogens (primary N) is 1. The molecule has 14 heavy (non-hydrogen) atoms. The molecule has 0 bridgehead atoms. The molecule has 0 spiro atoms. The van der Waals surface area contributed by atoms with Crippen LogP contribution in [0.15, 0.2) is 24.3 Å². The average molecular weight is 191 g/mol. The third-order valence-electron chi connectivity index (χ3n) is 2.90. The molecule has 1 aliphatic heterocycles. The summed E-state index contributed by atoms with van der Waals surface area (Å²) >= 11 is 0. The van der Waals surface area contributed by atoms with Crippen molar-refractivity contribution >= 4 is 0 Å². The Morgan fingerprint density at radius 3 is 2.64 bits per heavy atom. The van der Waals surface area contributed by atoms with Crippen LogP contribution in [0.5, 0.6) is 11.5 Å². The maximum absolute atomic E-state index is 5.82. The zero-order valence-electron chi connectivity index (χ0n) is 7.85. The Hall–Kier alpha value is -1.22. The molecule has 0 radical (unpaired) electrons. The number of hydrogen-bond donors (Lipinski definition) is 1. The second kappa shape index (κ2) is 2.89. The molecule has 1 aliphatic carbocycles. The van der Waals surface area contributed by atoms with Crippen LogP contribution in [-0.4, -0.2) is 18.8 Å². The molecular formula is C11H13NO2. The van der Waals surface area contributed by atoms with Gasteiger partial charge in [0.2, 0.25) is 0 Å². The monoisotopic (exact) mass is 191 g/mol. The predicted molar refractivity (Wildman–Crippen MR) is 52.4 cm³/mol. The van der Waals surface area contributed by atoms with Gasteiger partial charge in [-0.15, -0.1) is 0 Å². The molecule has 3 atom stereocenters. The van der Waals surface area contributed by atoms with Crippen molar-refractivity contribution in [3.63, 3.8) is 0 Å². The molecule has 3 heteroatoms. The highest BCUT2D eigenvalue weighted by molar-refractivity contribution is 5.40. The SMILES string of the molecule is N[C@@H]1C[C@H]1C1COc2ccccc2O1. The van der Waals surface area contributed by atoms with Crippen LogP contribution < -0.4 is 15.2 Å². The number of hydrogen-bond acceptors (Lipinski definition) is 3. The summed E-state index contributed by atoms with van der Waals surface area (Å²) < 4.78 is 11.4. The highest BCUT2D eigenvalue weighted by Crippen LogP contribution is 2.39. The van der Waals surface area contributed by atoms with Gasteiger partial charge in [-0.25, -0.2) is 0 Å². The Morgan fingerprint density at radius 2 is 1.93 bits per heavy atom. The van der Waals surface area contributed by atoms with Gasteiger partial charge in [-0.3, -0.25) is 0 Å². The van der Waals surface area contributed by atoms with E-state index < -0.39 is 0 Å². The number of para-hydroxylation sites is 2. The fourth-order valence-corrected chi connectivity index (χ4v) is 1.91. The standard InChI is InChI=1S/C11H13NO2/c12-8-5-7(8)11-6-13-9-3-1-2-4-10(9)14-11/h1-4,7-8,11H,5-6,12H2/t7-,8-,11?/m1/s1. The van der Waals surface area contributed by atoms with E-state index in [1.807, 2.05) is 24.3 Å². The second-order valence-corrected chi connectivity index (χ2v) is 3.98. The van der Waals surface area contributed by atoms with Crippen LogP contribution in [0.3, 0.4) is 0 Å². The van der Waals surface area contributed by atoms with Crippen molar-refractivity contribution < 1.29 is 9.47 Å². The van der Waals surface area contributed by atoms with Crippen molar-refractivity contribution in [3.05, 3.63) is 24.3 Å². The molecule has 1 heterocycles. The van der Waals surface area contributed by atoms with Gasteiger partial charge in [0, 0.05) is 12.0 Å². The third-order valence-corrected chi connectivity index (χ3v) is 2.90. The maximum Gasteiger partial charge on any atom is 0.161 e. The summed E-state index contributed by atoms with van der Waals surface area (Å²) in [4.78, 5) is 0. The van der Waals surface area contributed by atoms with E-state index in [9.17, 15) is 0 Å². The molecule has 1 saturated carbocycles. The van der Waals surface area contributed by atoms with E-state index in [0.717, 1.165) is 17.9 Å². The lowest BCUT2D eigenvalue weighted by atomic mass is 10.2. The van der Waals surface area contributed by atoms with Gasteiger partial charge in [0.25, 0.3) is 0 Å². The Bertz CT molecular complexity index is 353. The fraction of sp³-hybridized carbons (Fsp3) is 0.455. The largest absolute Gasteiger partial charge is 0.486 e. The highest BCUT2D eigenvalue weighted by atomic mass is 16.6. The normalized spacial score (nSPS) is 33.9. The fourth-order valence-electron chi connectivity index (χ4n) is 1.91. The van der Waals surface area contributed by atoms with Crippen LogP contribution in [0.25, 0.3) is 0 Å². The van der Waals surface area contributed by atoms with Crippen molar-refractivity contribution in [2.45, 2.75) is 18.6 Å². The molecule has 0 amide bonds. The number of ether oxygens (including phenoxy) is 2. The minimum Gasteiger partial charge on any atom is -0.486 e. The quantitative estimate of drug-likeness (QED) is 0.724. The van der Waals surface area contributed by atoms with E-state index >= 15 is 0 Å². The van der Waals surface area contributed by atoms with Crippen molar-refractivity contribution in [1.82, 2.24) is 0 Å². The van der Waals surface area contributed by atoms with Crippen LogP contribution >= 0.6 is 0 Å². The lowest BCUT2D eigenvalue weighted by Gasteiger charge is -2.26. The first kappa shape index (κ1) is 8.12. The Balaban J connectivity index is 1.80. The van der Waals surface area contributed by atoms with Gasteiger partial charge in [0.05, 0.1) is 0 Å². The van der Waals surface area contributed by atoms with Crippen LogP contribution in [0, 0.1) is 5.92 Å². The topological polar surface area (TPSA) is 44.5 Å². The van der Waals surface area contributed by atoms with Crippen LogP contribution in [0.4, 0.5) is 0 Å². The summed E-state index contributed by atoms with van der Waals surface area (Å²) in [5, 5.41) is 0. The van der Waals surface area contributed by atoms with Crippen molar-refractivity contribution in [3.8, 4) is 11.5 Å². The zero-order valence-corrected chi connectivity index (χ0v) is 7.85. The molecule has 2 aliphatic rings. The first-order chi connectivity index (χ1) is 6.84. The molecule has 1 aromatic carbocycles. The summed E-state index contributed by atoms with van der Waals surface area (Å²) in [5.41, 5.74) is 5.78. The van der Waals surface area contributed by atoms with Crippen LogP contribution in [0.1, 0.15) is 6.42 Å². The summed E-state index contributed by atoms with van der Waals surface area (Å²) in [6.07, 6.45) is 1.22. The van der Waals surface area contributed by atoms with Crippen molar-refractivity contribution in [2.24, 2.45) is 11.7 Å². The van der Waals surface area contributed by atoms with E-state index in [4.69, 9.17) is 15.2 Å². The molecule has 2 N–H and O–H groups in total. The molecule has 1 aromatic rings. The molecule has 3 nitrogen and oxygen atoms in total. The minimum atomic E-state index is 0.153. The summed E-state index contributed by atoms with van der Waals surface area (Å²) in [5.74, 6) is 2.18. The lowest BCUT2D eigenvalue weighted by molar-refractivity contribution is 0.0744. The van der Waals surface area contributed by atoms with Gasteiger partial charge in [0.1, 0.15) is 12.7 Å². The molecule has 0 saturated heterocycles. The van der Waals surface area contributed by atoms with E-state index in [1.165, 1.54) is 0 Å². The molecule has 3 rings (SSSR count). The molecular weight excluding hydrogens is 178 g/mol. The Kier molecular flexibility index (Phi) is 1.67. The van der Waals surface area contributed by atoms with Gasteiger partial charge in [-0.1, -0.05) is 12.1 Å². The van der Waals surface area contributed by atoms with Crippen molar-refractivity contribution in [2.75, 3.05) is 6.61 Å². The first-order valence-corrected chi connectivity index (χ1v) is 4.98. The highest BCUT2D eigenvalue weighted by Gasteiger charge is 2.43. The average Bonchev–Trinajstić information content (AvgIpc) is 2.95.